The Balaban J connectivity index is 1.24. The van der Waals surface area contributed by atoms with Gasteiger partial charge in [0.15, 0.2) is 6.29 Å². The number of para-hydroxylation sites is 1. The second-order valence-electron chi connectivity index (χ2n) is 9.74. The molecule has 182 valence electrons. The normalized spacial score (nSPS) is 16.8. The predicted molar refractivity (Wildman–Crippen MR) is 142 cm³/mol. The summed E-state index contributed by atoms with van der Waals surface area (Å²) in [6, 6.07) is 28.2. The van der Waals surface area contributed by atoms with E-state index in [1.54, 1.807) is 0 Å². The molecule has 1 fully saturated rings. The van der Waals surface area contributed by atoms with Gasteiger partial charge in [-0.25, -0.2) is 4.68 Å². The molecule has 0 amide bonds. The number of piperidine rings is 1. The Morgan fingerprint density at radius 3 is 2.22 bits per heavy atom. The van der Waals surface area contributed by atoms with Gasteiger partial charge in [0, 0.05) is 31.7 Å². The van der Waals surface area contributed by atoms with E-state index >= 15 is 0 Å². The molecular formula is C30H30N4O2. The number of anilines is 1. The molecule has 6 rings (SSSR count). The van der Waals surface area contributed by atoms with E-state index in [1.807, 2.05) is 54.6 Å². The Morgan fingerprint density at radius 1 is 0.861 bits per heavy atom. The lowest BCUT2D eigenvalue weighted by Gasteiger charge is -2.45. The first-order chi connectivity index (χ1) is 17.7. The number of carbonyl (C=O) groups excluding carboxylic acids is 1. The summed E-state index contributed by atoms with van der Waals surface area (Å²) in [5, 5.41) is 8.52. The number of carbonyl (C=O) groups is 1. The first-order valence-electron chi connectivity index (χ1n) is 12.7. The molecule has 36 heavy (non-hydrogen) atoms. The number of fused-ring (bicyclic) bond motifs is 2. The van der Waals surface area contributed by atoms with Crippen molar-refractivity contribution in [2.75, 3.05) is 25.0 Å². The third kappa shape index (κ3) is 4.29. The number of hydrogen-bond acceptors (Lipinski definition) is 5. The highest BCUT2D eigenvalue weighted by Crippen LogP contribution is 2.42. The van der Waals surface area contributed by atoms with Gasteiger partial charge in [0.2, 0.25) is 0 Å². The van der Waals surface area contributed by atoms with E-state index in [9.17, 15) is 4.79 Å². The minimum absolute atomic E-state index is 0.0554. The van der Waals surface area contributed by atoms with E-state index in [0.717, 1.165) is 80.3 Å². The van der Waals surface area contributed by atoms with Crippen LogP contribution < -0.4 is 10.1 Å². The fourth-order valence-corrected chi connectivity index (χ4v) is 5.52. The predicted octanol–water partition coefficient (Wildman–Crippen LogP) is 5.96. The minimum Gasteiger partial charge on any atom is -0.457 e. The highest BCUT2D eigenvalue weighted by molar-refractivity contribution is 5.92. The molecule has 0 saturated carbocycles. The maximum Gasteiger partial charge on any atom is 0.156 e. The van der Waals surface area contributed by atoms with Gasteiger partial charge in [-0.3, -0.25) is 9.69 Å². The van der Waals surface area contributed by atoms with Crippen molar-refractivity contribution in [3.05, 3.63) is 96.1 Å². The summed E-state index contributed by atoms with van der Waals surface area (Å²) in [7, 11) is 0. The Morgan fingerprint density at radius 2 is 1.53 bits per heavy atom. The van der Waals surface area contributed by atoms with Crippen molar-refractivity contribution >= 4 is 12.1 Å². The maximum atomic E-state index is 12.2. The minimum atomic E-state index is -0.0554. The van der Waals surface area contributed by atoms with E-state index in [0.29, 0.717) is 5.56 Å². The van der Waals surface area contributed by atoms with E-state index in [4.69, 9.17) is 9.84 Å². The van der Waals surface area contributed by atoms with Crippen LogP contribution in [-0.4, -0.2) is 40.6 Å². The quantitative estimate of drug-likeness (QED) is 0.347. The Kier molecular flexibility index (Phi) is 6.03. The van der Waals surface area contributed by atoms with Crippen LogP contribution in [0.5, 0.6) is 11.5 Å². The molecule has 6 heteroatoms. The monoisotopic (exact) mass is 478 g/mol. The van der Waals surface area contributed by atoms with Crippen molar-refractivity contribution in [2.45, 2.75) is 31.3 Å². The van der Waals surface area contributed by atoms with Crippen LogP contribution in [0, 0.1) is 0 Å². The number of hydrogen-bond donors (Lipinski definition) is 1. The zero-order chi connectivity index (χ0) is 24.4. The molecule has 0 aliphatic carbocycles. The van der Waals surface area contributed by atoms with Crippen LogP contribution >= 0.6 is 0 Å². The van der Waals surface area contributed by atoms with Gasteiger partial charge >= 0.3 is 0 Å². The van der Waals surface area contributed by atoms with Crippen LogP contribution in [-0.2, 0) is 12.1 Å². The second kappa shape index (κ2) is 9.63. The highest BCUT2D eigenvalue weighted by Gasteiger charge is 2.42. The van der Waals surface area contributed by atoms with Gasteiger partial charge in [-0.05, 0) is 61.2 Å². The van der Waals surface area contributed by atoms with Crippen LogP contribution in [0.1, 0.15) is 35.2 Å². The molecule has 6 nitrogen and oxygen atoms in total. The van der Waals surface area contributed by atoms with Gasteiger partial charge in [-0.2, -0.15) is 5.10 Å². The average Bonchev–Trinajstić information content (AvgIpc) is 3.32. The number of nitrogens with zero attached hydrogens (tertiary/aromatic N) is 3. The van der Waals surface area contributed by atoms with Crippen LogP contribution in [0.2, 0.25) is 0 Å². The molecule has 1 aromatic heterocycles. The van der Waals surface area contributed by atoms with Crippen LogP contribution in [0.4, 0.5) is 5.82 Å². The molecule has 1 N–H and O–H groups in total. The van der Waals surface area contributed by atoms with E-state index in [2.05, 4.69) is 45.2 Å². The van der Waals surface area contributed by atoms with Crippen LogP contribution in [0.3, 0.4) is 0 Å². The molecule has 2 aliphatic heterocycles. The van der Waals surface area contributed by atoms with Crippen molar-refractivity contribution < 1.29 is 9.53 Å². The van der Waals surface area contributed by atoms with Crippen LogP contribution in [0.15, 0.2) is 84.9 Å². The Hall–Kier alpha value is -3.90. The molecule has 3 heterocycles. The molecule has 4 aromatic rings. The zero-order valence-corrected chi connectivity index (χ0v) is 20.3. The Bertz CT molecular complexity index is 1320. The topological polar surface area (TPSA) is 59.4 Å². The van der Waals surface area contributed by atoms with Crippen LogP contribution in [0.25, 0.3) is 11.3 Å². The molecule has 0 bridgehead atoms. The SMILES string of the molecule is O=Cc1c(-c2ccc(Oc3ccccc3)cc2)nn2c1NCCC21CCN(Cc2ccccc2)CC1. The average molecular weight is 479 g/mol. The molecule has 0 atom stereocenters. The Labute approximate surface area is 211 Å². The van der Waals surface area contributed by atoms with Gasteiger partial charge in [-0.1, -0.05) is 48.5 Å². The first-order valence-corrected chi connectivity index (χ1v) is 12.7. The smallest absolute Gasteiger partial charge is 0.156 e. The number of aromatic nitrogens is 2. The van der Waals surface area contributed by atoms with Crippen molar-refractivity contribution in [2.24, 2.45) is 0 Å². The molecule has 2 aliphatic rings. The number of benzene rings is 3. The van der Waals surface area contributed by atoms with E-state index in [1.165, 1.54) is 5.56 Å². The van der Waals surface area contributed by atoms with Crippen molar-refractivity contribution in [1.29, 1.82) is 0 Å². The molecule has 1 saturated heterocycles. The standard InChI is InChI=1S/C30H30N4O2/c35-22-27-28(24-11-13-26(14-12-24)36-25-9-5-2-6-10-25)32-34-29(27)31-18-15-30(34)16-19-33(20-17-30)21-23-7-3-1-4-8-23/h1-14,22,31H,15-21H2. The summed E-state index contributed by atoms with van der Waals surface area (Å²) < 4.78 is 8.07. The molecule has 0 unspecified atom stereocenters. The maximum absolute atomic E-state index is 12.2. The largest absolute Gasteiger partial charge is 0.457 e. The third-order valence-electron chi connectivity index (χ3n) is 7.51. The lowest BCUT2D eigenvalue weighted by atomic mass is 9.83. The van der Waals surface area contributed by atoms with E-state index in [-0.39, 0.29) is 5.54 Å². The molecule has 3 aromatic carbocycles. The fraction of sp³-hybridized carbons (Fsp3) is 0.267. The van der Waals surface area contributed by atoms with Crippen molar-refractivity contribution in [1.82, 2.24) is 14.7 Å². The van der Waals surface area contributed by atoms with Gasteiger partial charge in [-0.15, -0.1) is 0 Å². The van der Waals surface area contributed by atoms with Gasteiger partial charge in [0.1, 0.15) is 23.0 Å². The molecular weight excluding hydrogens is 448 g/mol. The number of ether oxygens (including phenoxy) is 1. The summed E-state index contributed by atoms with van der Waals surface area (Å²) in [6.45, 7) is 3.87. The van der Waals surface area contributed by atoms with Crippen molar-refractivity contribution in [3.63, 3.8) is 0 Å². The lowest BCUT2D eigenvalue weighted by Crippen LogP contribution is -2.49. The molecule has 0 radical (unpaired) electrons. The fourth-order valence-electron chi connectivity index (χ4n) is 5.52. The summed E-state index contributed by atoms with van der Waals surface area (Å²) in [5.74, 6) is 2.40. The third-order valence-corrected chi connectivity index (χ3v) is 7.51. The summed E-state index contributed by atoms with van der Waals surface area (Å²) >= 11 is 0. The number of rotatable bonds is 6. The highest BCUT2D eigenvalue weighted by atomic mass is 16.5. The lowest BCUT2D eigenvalue weighted by molar-refractivity contribution is 0.0865. The van der Waals surface area contributed by atoms with Crippen molar-refractivity contribution in [3.8, 4) is 22.8 Å². The van der Waals surface area contributed by atoms with Gasteiger partial charge in [0.25, 0.3) is 0 Å². The zero-order valence-electron chi connectivity index (χ0n) is 20.3. The second-order valence-corrected chi connectivity index (χ2v) is 9.74. The summed E-state index contributed by atoms with van der Waals surface area (Å²) in [6.07, 6.45) is 4.01. The summed E-state index contributed by atoms with van der Waals surface area (Å²) in [5.41, 5.74) is 3.58. The number of aldehydes is 1. The number of likely N-dealkylation sites (tertiary alicyclic amines) is 1. The summed E-state index contributed by atoms with van der Waals surface area (Å²) in [4.78, 5) is 14.8. The van der Waals surface area contributed by atoms with Gasteiger partial charge < -0.3 is 10.1 Å². The van der Waals surface area contributed by atoms with E-state index < -0.39 is 0 Å². The van der Waals surface area contributed by atoms with Gasteiger partial charge in [0.05, 0.1) is 11.1 Å². The first kappa shape index (κ1) is 22.6. The molecule has 1 spiro atoms. The number of nitrogens with one attached hydrogen (secondary N) is 1.